The summed E-state index contributed by atoms with van der Waals surface area (Å²) < 4.78 is 43.1. The fraction of sp³-hybridized carbons (Fsp3) is 0.800. The molecule has 0 spiro atoms. The highest BCUT2D eigenvalue weighted by atomic mass is 32.3. The van der Waals surface area contributed by atoms with E-state index in [0.717, 1.165) is 6.42 Å². The number of rotatable bonds is 2. The van der Waals surface area contributed by atoms with Crippen LogP contribution in [-0.2, 0) is 20.0 Å². The van der Waals surface area contributed by atoms with E-state index in [-0.39, 0.29) is 6.04 Å². The molecule has 1 rings (SSSR count). The summed E-state index contributed by atoms with van der Waals surface area (Å²) in [6.45, 7) is 0. The van der Waals surface area contributed by atoms with Crippen LogP contribution in [0.15, 0.2) is 0 Å². The molecule has 0 saturated heterocycles. The van der Waals surface area contributed by atoms with Crippen molar-refractivity contribution in [3.05, 3.63) is 0 Å². The second kappa shape index (κ2) is 3.57. The first kappa shape index (κ1) is 11.6. The van der Waals surface area contributed by atoms with Gasteiger partial charge in [0.25, 0.3) is 20.0 Å². The number of carbonyl (C=O) groups is 1. The van der Waals surface area contributed by atoms with Crippen molar-refractivity contribution in [2.75, 3.05) is 0 Å². The fourth-order valence-corrected chi connectivity index (χ4v) is 3.08. The molecule has 1 fully saturated rings. The zero-order chi connectivity index (χ0) is 11.0. The number of sulfonamides is 2. The lowest BCUT2D eigenvalue weighted by atomic mass is 9.94. The maximum Gasteiger partial charge on any atom is 0.389 e. The van der Waals surface area contributed by atoms with Gasteiger partial charge in [-0.3, -0.25) is 4.79 Å². The SMILES string of the molecule is NS(=O)(=O)C(=O)S(=O)(=O)NC1CCC1. The van der Waals surface area contributed by atoms with Crippen LogP contribution in [0.1, 0.15) is 19.3 Å². The molecule has 1 aliphatic rings. The smallest absolute Gasteiger partial charge is 0.260 e. The van der Waals surface area contributed by atoms with Gasteiger partial charge >= 0.3 is 4.45 Å². The molecule has 0 aromatic rings. The lowest BCUT2D eigenvalue weighted by Gasteiger charge is -2.25. The lowest BCUT2D eigenvalue weighted by Crippen LogP contribution is -2.45. The van der Waals surface area contributed by atoms with Gasteiger partial charge in [-0.1, -0.05) is 6.42 Å². The van der Waals surface area contributed by atoms with E-state index in [2.05, 4.69) is 5.14 Å². The van der Waals surface area contributed by atoms with Gasteiger partial charge in [0.2, 0.25) is 0 Å². The van der Waals surface area contributed by atoms with Crippen molar-refractivity contribution in [3.8, 4) is 0 Å². The van der Waals surface area contributed by atoms with Crippen molar-refractivity contribution in [1.82, 2.24) is 4.72 Å². The van der Waals surface area contributed by atoms with Crippen LogP contribution in [0.5, 0.6) is 0 Å². The summed E-state index contributed by atoms with van der Waals surface area (Å²) in [4.78, 5) is 10.8. The highest BCUT2D eigenvalue weighted by molar-refractivity contribution is 8.29. The summed E-state index contributed by atoms with van der Waals surface area (Å²) >= 11 is 0. The topological polar surface area (TPSA) is 123 Å². The van der Waals surface area contributed by atoms with E-state index in [1.165, 1.54) is 0 Å². The van der Waals surface area contributed by atoms with Gasteiger partial charge < -0.3 is 0 Å². The van der Waals surface area contributed by atoms with Gasteiger partial charge in [-0.25, -0.2) is 26.7 Å². The predicted molar refractivity (Wildman–Crippen MR) is 48.2 cm³/mol. The third-order valence-electron chi connectivity index (χ3n) is 1.88. The third kappa shape index (κ3) is 2.50. The summed E-state index contributed by atoms with van der Waals surface area (Å²) in [6.07, 6.45) is 2.07. The molecule has 82 valence electrons. The molecule has 3 N–H and O–H groups in total. The molecule has 0 amide bonds. The standard InChI is InChI=1S/C5H10N2O5S2/c6-13(9,10)5(8)14(11,12)7-4-2-1-3-4/h4,7H,1-3H2,(H2,6,9,10). The fourth-order valence-electron chi connectivity index (χ4n) is 0.947. The van der Waals surface area contributed by atoms with E-state index in [1.54, 1.807) is 0 Å². The molecule has 0 bridgehead atoms. The van der Waals surface area contributed by atoms with Crippen LogP contribution in [0.25, 0.3) is 0 Å². The van der Waals surface area contributed by atoms with Crippen LogP contribution in [0.2, 0.25) is 0 Å². The minimum absolute atomic E-state index is 0.342. The summed E-state index contributed by atoms with van der Waals surface area (Å²) in [5, 5.41) is 4.40. The normalized spacial score (nSPS) is 18.9. The van der Waals surface area contributed by atoms with Crippen LogP contribution in [0, 0.1) is 0 Å². The van der Waals surface area contributed by atoms with E-state index in [0.29, 0.717) is 12.8 Å². The molecule has 0 heterocycles. The van der Waals surface area contributed by atoms with Crippen LogP contribution >= 0.6 is 0 Å². The molecule has 0 aromatic heterocycles. The molecule has 0 radical (unpaired) electrons. The van der Waals surface area contributed by atoms with Crippen molar-refractivity contribution in [1.29, 1.82) is 0 Å². The van der Waals surface area contributed by atoms with Gasteiger partial charge in [-0.05, 0) is 12.8 Å². The van der Waals surface area contributed by atoms with Crippen LogP contribution in [0.4, 0.5) is 4.79 Å². The lowest BCUT2D eigenvalue weighted by molar-refractivity contribution is 0.272. The average molecular weight is 242 g/mol. The molecular weight excluding hydrogens is 232 g/mol. The Hall–Kier alpha value is -0.510. The van der Waals surface area contributed by atoms with Crippen LogP contribution < -0.4 is 9.86 Å². The quantitative estimate of drug-likeness (QED) is 0.634. The Kier molecular flexibility index (Phi) is 2.95. The van der Waals surface area contributed by atoms with Gasteiger partial charge in [0.05, 0.1) is 0 Å². The second-order valence-electron chi connectivity index (χ2n) is 3.04. The first-order valence-corrected chi connectivity index (χ1v) is 6.85. The molecule has 1 saturated carbocycles. The molecular formula is C5H10N2O5S2. The predicted octanol–water partition coefficient (Wildman–Crippen LogP) is -1.13. The molecule has 0 atom stereocenters. The van der Waals surface area contributed by atoms with Crippen molar-refractivity contribution in [3.63, 3.8) is 0 Å². The molecule has 14 heavy (non-hydrogen) atoms. The van der Waals surface area contributed by atoms with Crippen LogP contribution in [0.3, 0.4) is 0 Å². The number of carbonyl (C=O) groups excluding carboxylic acids is 1. The number of nitrogens with one attached hydrogen (secondary N) is 1. The Balaban J connectivity index is 2.80. The summed E-state index contributed by atoms with van der Waals surface area (Å²) in [5.74, 6) is 0. The number of primary sulfonamides is 1. The second-order valence-corrected chi connectivity index (χ2v) is 6.38. The first-order chi connectivity index (χ1) is 6.23. The Bertz CT molecular complexity index is 433. The third-order valence-corrected chi connectivity index (χ3v) is 4.78. The Labute approximate surface area is 81.8 Å². The minimum atomic E-state index is -4.68. The van der Waals surface area contributed by atoms with Crippen molar-refractivity contribution < 1.29 is 21.6 Å². The number of hydrogen-bond donors (Lipinski definition) is 2. The summed E-state index contributed by atoms with van der Waals surface area (Å²) in [6, 6.07) is -0.342. The van der Waals surface area contributed by atoms with Gasteiger partial charge in [0.1, 0.15) is 0 Å². The van der Waals surface area contributed by atoms with Gasteiger partial charge in [-0.15, -0.1) is 0 Å². The number of hydrogen-bond acceptors (Lipinski definition) is 5. The van der Waals surface area contributed by atoms with Gasteiger partial charge in [0, 0.05) is 6.04 Å². The molecule has 0 aromatic carbocycles. The molecule has 1 aliphatic carbocycles. The average Bonchev–Trinajstić information content (AvgIpc) is 1.94. The van der Waals surface area contributed by atoms with E-state index in [1.807, 2.05) is 4.72 Å². The molecule has 7 nitrogen and oxygen atoms in total. The van der Waals surface area contributed by atoms with E-state index < -0.39 is 24.5 Å². The molecule has 0 aliphatic heterocycles. The Morgan fingerprint density at radius 1 is 1.21 bits per heavy atom. The molecule has 9 heteroatoms. The van der Waals surface area contributed by atoms with E-state index >= 15 is 0 Å². The van der Waals surface area contributed by atoms with Crippen molar-refractivity contribution in [2.24, 2.45) is 5.14 Å². The maximum absolute atomic E-state index is 11.1. The Morgan fingerprint density at radius 2 is 1.71 bits per heavy atom. The molecule has 0 unspecified atom stereocenters. The maximum atomic E-state index is 11.1. The van der Waals surface area contributed by atoms with Crippen molar-refractivity contribution in [2.45, 2.75) is 25.3 Å². The van der Waals surface area contributed by atoms with E-state index in [4.69, 9.17) is 0 Å². The largest absolute Gasteiger partial charge is 0.389 e. The van der Waals surface area contributed by atoms with E-state index in [9.17, 15) is 21.6 Å². The van der Waals surface area contributed by atoms with Gasteiger partial charge in [-0.2, -0.15) is 0 Å². The first-order valence-electron chi connectivity index (χ1n) is 3.82. The van der Waals surface area contributed by atoms with Crippen molar-refractivity contribution >= 4 is 24.5 Å². The van der Waals surface area contributed by atoms with Gasteiger partial charge in [0.15, 0.2) is 0 Å². The highest BCUT2D eigenvalue weighted by Crippen LogP contribution is 2.19. The zero-order valence-electron chi connectivity index (χ0n) is 7.13. The Morgan fingerprint density at radius 3 is 2.00 bits per heavy atom. The number of nitrogens with two attached hydrogens (primary N) is 1. The summed E-state index contributed by atoms with van der Waals surface area (Å²) in [7, 11) is -9.16. The van der Waals surface area contributed by atoms with Crippen LogP contribution in [-0.4, -0.2) is 27.3 Å². The zero-order valence-corrected chi connectivity index (χ0v) is 8.77. The minimum Gasteiger partial charge on any atom is -0.260 e. The monoisotopic (exact) mass is 242 g/mol. The summed E-state index contributed by atoms with van der Waals surface area (Å²) in [5.41, 5.74) is 0. The highest BCUT2D eigenvalue weighted by Gasteiger charge is 2.35.